The number of hydrogen-bond acceptors (Lipinski definition) is 7. The van der Waals surface area contributed by atoms with Gasteiger partial charge in [0.25, 0.3) is 0 Å². The molecule has 11 nitrogen and oxygen atoms in total. The molecule has 2 N–H and O–H groups in total. The van der Waals surface area contributed by atoms with Crippen LogP contribution in [0.4, 0.5) is 16.4 Å². The van der Waals surface area contributed by atoms with E-state index in [0.717, 1.165) is 0 Å². The summed E-state index contributed by atoms with van der Waals surface area (Å²) in [5, 5.41) is 21.7. The van der Waals surface area contributed by atoms with Crippen molar-refractivity contribution in [2.75, 3.05) is 10.6 Å². The minimum Gasteiger partial charge on any atom is -0.310 e. The van der Waals surface area contributed by atoms with E-state index in [9.17, 15) is 4.79 Å². The Bertz CT molecular complexity index is 1130. The second-order valence-electron chi connectivity index (χ2n) is 7.71. The van der Waals surface area contributed by atoms with Crippen LogP contribution < -0.4 is 10.6 Å². The van der Waals surface area contributed by atoms with Crippen LogP contribution in [-0.4, -0.2) is 45.5 Å². The predicted molar refractivity (Wildman–Crippen MR) is 120 cm³/mol. The maximum Gasteiger partial charge on any atom is 0.326 e. The molecule has 4 aromatic heterocycles. The number of pyridine rings is 2. The Hall–Kier alpha value is -4.15. The molecule has 0 unspecified atom stereocenters. The SMILES string of the molecule is CC(C)n1cnnc1-c1cccc(NC(=O)Nc2cccc(-c3nncn3C(C)C)n2)n1. The molecule has 0 aliphatic heterocycles. The monoisotopic (exact) mass is 432 g/mol. The van der Waals surface area contributed by atoms with Gasteiger partial charge in [0.05, 0.1) is 0 Å². The Balaban J connectivity index is 1.49. The number of rotatable bonds is 6. The zero-order valence-corrected chi connectivity index (χ0v) is 18.3. The quantitative estimate of drug-likeness (QED) is 0.474. The third-order valence-corrected chi connectivity index (χ3v) is 4.70. The first-order valence-corrected chi connectivity index (χ1v) is 10.2. The highest BCUT2D eigenvalue weighted by molar-refractivity contribution is 5.98. The summed E-state index contributed by atoms with van der Waals surface area (Å²) in [5.41, 5.74) is 1.23. The van der Waals surface area contributed by atoms with Gasteiger partial charge in [-0.1, -0.05) is 12.1 Å². The summed E-state index contributed by atoms with van der Waals surface area (Å²) in [6.45, 7) is 8.14. The van der Waals surface area contributed by atoms with Crippen molar-refractivity contribution < 1.29 is 4.79 Å². The summed E-state index contributed by atoms with van der Waals surface area (Å²) in [4.78, 5) is 21.5. The molecule has 2 amide bonds. The minimum absolute atomic E-state index is 0.182. The normalized spacial score (nSPS) is 11.2. The number of anilines is 2. The van der Waals surface area contributed by atoms with Crippen LogP contribution in [0.3, 0.4) is 0 Å². The topological polar surface area (TPSA) is 128 Å². The van der Waals surface area contributed by atoms with Crippen molar-refractivity contribution >= 4 is 17.7 Å². The summed E-state index contributed by atoms with van der Waals surface area (Å²) >= 11 is 0. The molecule has 32 heavy (non-hydrogen) atoms. The Morgan fingerprint density at radius 3 is 1.59 bits per heavy atom. The van der Waals surface area contributed by atoms with Gasteiger partial charge in [-0.15, -0.1) is 20.4 Å². The summed E-state index contributed by atoms with van der Waals surface area (Å²) < 4.78 is 3.83. The third-order valence-electron chi connectivity index (χ3n) is 4.70. The van der Waals surface area contributed by atoms with Crippen LogP contribution in [0.1, 0.15) is 39.8 Å². The van der Waals surface area contributed by atoms with E-state index in [-0.39, 0.29) is 12.1 Å². The highest BCUT2D eigenvalue weighted by Crippen LogP contribution is 2.21. The number of urea groups is 1. The van der Waals surface area contributed by atoms with Crippen LogP contribution in [0.25, 0.3) is 23.0 Å². The van der Waals surface area contributed by atoms with Crippen LogP contribution >= 0.6 is 0 Å². The van der Waals surface area contributed by atoms with Gasteiger partial charge in [0, 0.05) is 12.1 Å². The van der Waals surface area contributed by atoms with Crippen molar-refractivity contribution in [3.8, 4) is 23.0 Å². The van der Waals surface area contributed by atoms with Gasteiger partial charge >= 0.3 is 6.03 Å². The van der Waals surface area contributed by atoms with Gasteiger partial charge in [0.15, 0.2) is 11.6 Å². The van der Waals surface area contributed by atoms with Gasteiger partial charge in [-0.05, 0) is 52.0 Å². The van der Waals surface area contributed by atoms with Crippen molar-refractivity contribution in [3.05, 3.63) is 49.1 Å². The average molecular weight is 432 g/mol. The largest absolute Gasteiger partial charge is 0.326 e. The lowest BCUT2D eigenvalue weighted by Crippen LogP contribution is -2.21. The molecule has 0 aliphatic carbocycles. The molecule has 0 aromatic carbocycles. The number of hydrogen-bond donors (Lipinski definition) is 2. The van der Waals surface area contributed by atoms with Gasteiger partial charge < -0.3 is 9.13 Å². The molecule has 0 fully saturated rings. The van der Waals surface area contributed by atoms with E-state index in [4.69, 9.17) is 0 Å². The lowest BCUT2D eigenvalue weighted by molar-refractivity contribution is 0.262. The first kappa shape index (κ1) is 21.1. The highest BCUT2D eigenvalue weighted by Gasteiger charge is 2.14. The Kier molecular flexibility index (Phi) is 5.88. The molecule has 4 aromatic rings. The number of nitrogens with zero attached hydrogens (tertiary/aromatic N) is 8. The lowest BCUT2D eigenvalue weighted by atomic mass is 10.3. The molecule has 4 heterocycles. The Labute approximate surface area is 185 Å². The van der Waals surface area contributed by atoms with Crippen LogP contribution in [0.5, 0.6) is 0 Å². The number of aromatic nitrogens is 8. The fourth-order valence-electron chi connectivity index (χ4n) is 3.13. The predicted octanol–water partition coefficient (Wildman–Crippen LogP) is 3.80. The van der Waals surface area contributed by atoms with E-state index in [2.05, 4.69) is 41.0 Å². The summed E-state index contributed by atoms with van der Waals surface area (Å²) in [7, 11) is 0. The molecule has 0 saturated heterocycles. The summed E-state index contributed by atoms with van der Waals surface area (Å²) in [5.74, 6) is 2.03. The first-order chi connectivity index (χ1) is 15.4. The smallest absolute Gasteiger partial charge is 0.310 e. The zero-order valence-electron chi connectivity index (χ0n) is 18.3. The number of nitrogens with one attached hydrogen (secondary N) is 2. The van der Waals surface area contributed by atoms with Gasteiger partial charge in [0.1, 0.15) is 35.7 Å². The second-order valence-corrected chi connectivity index (χ2v) is 7.71. The molecule has 0 aliphatic rings. The molecule has 0 radical (unpaired) electrons. The molecule has 4 rings (SSSR count). The molecule has 0 bridgehead atoms. The van der Waals surface area contributed by atoms with Crippen LogP contribution in [0, 0.1) is 0 Å². The fraction of sp³-hybridized carbons (Fsp3) is 0.286. The molecular formula is C21H24N10O. The maximum absolute atomic E-state index is 12.6. The Morgan fingerprint density at radius 2 is 1.19 bits per heavy atom. The molecule has 0 spiro atoms. The standard InChI is InChI=1S/C21H24N10O/c1-13(2)30-11-22-28-19(30)15-7-5-9-17(24-15)26-21(32)27-18-10-6-8-16(25-18)20-29-23-12-31(20)14(3)4/h5-14H,1-4H3,(H2,24,25,26,27,32). The van der Waals surface area contributed by atoms with Gasteiger partial charge in [-0.2, -0.15) is 0 Å². The third kappa shape index (κ3) is 4.46. The van der Waals surface area contributed by atoms with Gasteiger partial charge in [0.2, 0.25) is 0 Å². The van der Waals surface area contributed by atoms with E-state index in [1.165, 1.54) is 0 Å². The van der Waals surface area contributed by atoms with Crippen LogP contribution in [0.15, 0.2) is 49.1 Å². The van der Waals surface area contributed by atoms with Crippen LogP contribution in [-0.2, 0) is 0 Å². The average Bonchev–Trinajstić information content (AvgIpc) is 3.44. The van der Waals surface area contributed by atoms with E-state index < -0.39 is 6.03 Å². The lowest BCUT2D eigenvalue weighted by Gasteiger charge is -2.12. The van der Waals surface area contributed by atoms with Gasteiger partial charge in [-0.3, -0.25) is 10.6 Å². The first-order valence-electron chi connectivity index (χ1n) is 10.2. The van der Waals surface area contributed by atoms with E-state index in [0.29, 0.717) is 34.7 Å². The van der Waals surface area contributed by atoms with E-state index in [1.54, 1.807) is 36.9 Å². The van der Waals surface area contributed by atoms with Crippen molar-refractivity contribution in [1.82, 2.24) is 39.5 Å². The highest BCUT2D eigenvalue weighted by atomic mass is 16.2. The van der Waals surface area contributed by atoms with Crippen molar-refractivity contribution in [2.45, 2.75) is 39.8 Å². The second kappa shape index (κ2) is 8.92. The van der Waals surface area contributed by atoms with Crippen molar-refractivity contribution in [1.29, 1.82) is 0 Å². The van der Waals surface area contributed by atoms with Crippen LogP contribution in [0.2, 0.25) is 0 Å². The molecule has 11 heteroatoms. The summed E-state index contributed by atoms with van der Waals surface area (Å²) in [6.07, 6.45) is 3.32. The Morgan fingerprint density at radius 1 is 0.750 bits per heavy atom. The van der Waals surface area contributed by atoms with E-state index >= 15 is 0 Å². The van der Waals surface area contributed by atoms with Crippen molar-refractivity contribution in [2.24, 2.45) is 0 Å². The van der Waals surface area contributed by atoms with E-state index in [1.807, 2.05) is 49.0 Å². The molecular weight excluding hydrogens is 408 g/mol. The zero-order chi connectivity index (χ0) is 22.7. The maximum atomic E-state index is 12.6. The molecule has 0 saturated carbocycles. The fourth-order valence-corrected chi connectivity index (χ4v) is 3.13. The summed E-state index contributed by atoms with van der Waals surface area (Å²) in [6, 6.07) is 10.5. The number of amides is 2. The number of carbonyl (C=O) groups is 1. The minimum atomic E-state index is -0.463. The number of carbonyl (C=O) groups excluding carboxylic acids is 1. The molecule has 164 valence electrons. The molecule has 0 atom stereocenters. The van der Waals surface area contributed by atoms with Gasteiger partial charge in [-0.25, -0.2) is 14.8 Å². The van der Waals surface area contributed by atoms with Crippen molar-refractivity contribution in [3.63, 3.8) is 0 Å².